The van der Waals surface area contributed by atoms with E-state index < -0.39 is 115 Å². The summed E-state index contributed by atoms with van der Waals surface area (Å²) in [5, 5.41) is 39.2. The molecule has 0 aliphatic heterocycles. The number of thioether (sulfide) groups is 1. The number of rotatable bonds is 31. The molecule has 8 atom stereocenters. The number of aliphatic carboxylic acids is 1. The van der Waals surface area contributed by atoms with Gasteiger partial charge in [-0.15, -0.1) is 0 Å². The van der Waals surface area contributed by atoms with Gasteiger partial charge >= 0.3 is 5.97 Å². The lowest BCUT2D eigenvalue weighted by atomic mass is 9.99. The number of carboxylic acid groups (broad SMARTS) is 1. The Morgan fingerprint density at radius 1 is 0.635 bits per heavy atom. The first-order valence-electron chi connectivity index (χ1n) is 21.0. The second kappa shape index (κ2) is 30.8. The molecular weight excluding hydrogens is 845 g/mol. The molecule has 360 valence electrons. The molecule has 0 radical (unpaired) electrons. The van der Waals surface area contributed by atoms with Crippen LogP contribution >= 0.6 is 11.8 Å². The summed E-state index contributed by atoms with van der Waals surface area (Å²) < 4.78 is 0. The Labute approximate surface area is 373 Å². The molecule has 0 aromatic rings. The number of guanidine groups is 1. The Balaban J connectivity index is 5.88. The number of nitrogens with zero attached hydrogens (tertiary/aromatic N) is 1. The van der Waals surface area contributed by atoms with E-state index in [0.717, 1.165) is 0 Å². The number of hydrogen-bond donors (Lipinski definition) is 13. The van der Waals surface area contributed by atoms with Crippen molar-refractivity contribution in [3.05, 3.63) is 0 Å². The number of aliphatic hydroxyl groups is 1. The van der Waals surface area contributed by atoms with E-state index in [2.05, 4.69) is 47.5 Å². The number of carbonyl (C=O) groups is 9. The zero-order chi connectivity index (χ0) is 48.4. The number of aliphatic imine (C=N–C) groups is 1. The van der Waals surface area contributed by atoms with Crippen molar-refractivity contribution in [2.75, 3.05) is 38.2 Å². The minimum atomic E-state index is -1.57. The molecule has 0 saturated carbocycles. The molecule has 24 heteroatoms. The smallest absolute Gasteiger partial charge is 0.326 e. The number of aliphatic hydroxyl groups excluding tert-OH is 1. The lowest BCUT2D eigenvalue weighted by Gasteiger charge is -2.26. The van der Waals surface area contributed by atoms with Crippen LogP contribution in [0.2, 0.25) is 0 Å². The molecule has 0 aromatic carbocycles. The van der Waals surface area contributed by atoms with Gasteiger partial charge in [0.25, 0.3) is 0 Å². The lowest BCUT2D eigenvalue weighted by Crippen LogP contribution is -2.59. The maximum absolute atomic E-state index is 13.7. The Bertz CT molecular complexity index is 1560. The zero-order valence-corrected chi connectivity index (χ0v) is 38.5. The quantitative estimate of drug-likeness (QED) is 0.0182. The molecule has 0 aliphatic carbocycles. The van der Waals surface area contributed by atoms with Crippen LogP contribution in [0.5, 0.6) is 0 Å². The summed E-state index contributed by atoms with van der Waals surface area (Å²) in [7, 11) is 0. The Morgan fingerprint density at radius 3 is 1.67 bits per heavy atom. The predicted octanol–water partition coefficient (Wildman–Crippen LogP) is -3.50. The maximum atomic E-state index is 13.7. The lowest BCUT2D eigenvalue weighted by molar-refractivity contribution is -0.143. The fourth-order valence-corrected chi connectivity index (χ4v) is 6.22. The molecule has 63 heavy (non-hydrogen) atoms. The summed E-state index contributed by atoms with van der Waals surface area (Å²) in [5.74, 6) is -7.55. The normalized spacial score (nSPS) is 14.9. The van der Waals surface area contributed by atoms with Crippen LogP contribution < -0.4 is 59.7 Å². The van der Waals surface area contributed by atoms with E-state index in [4.69, 9.17) is 17.2 Å². The number of hydrogen-bond acceptors (Lipinski definition) is 13. The third-order valence-corrected chi connectivity index (χ3v) is 10.1. The van der Waals surface area contributed by atoms with Gasteiger partial charge in [0.05, 0.1) is 25.7 Å². The van der Waals surface area contributed by atoms with Crippen molar-refractivity contribution in [3.8, 4) is 0 Å². The fraction of sp³-hybridized carbons (Fsp3) is 0.744. The minimum absolute atomic E-state index is 0.0345. The van der Waals surface area contributed by atoms with Gasteiger partial charge in [0, 0.05) is 6.54 Å². The molecule has 8 amide bonds. The minimum Gasteiger partial charge on any atom is -0.480 e. The first kappa shape index (κ1) is 57.8. The highest BCUT2D eigenvalue weighted by Crippen LogP contribution is 2.09. The average Bonchev–Trinajstić information content (AvgIpc) is 3.20. The van der Waals surface area contributed by atoms with E-state index >= 15 is 0 Å². The Hall–Kier alpha value is -5.23. The van der Waals surface area contributed by atoms with E-state index in [1.807, 2.05) is 13.8 Å². The van der Waals surface area contributed by atoms with E-state index in [9.17, 15) is 53.4 Å². The Morgan fingerprint density at radius 2 is 1.14 bits per heavy atom. The number of carboxylic acids is 1. The first-order valence-corrected chi connectivity index (χ1v) is 22.4. The van der Waals surface area contributed by atoms with Crippen molar-refractivity contribution >= 4 is 70.9 Å². The van der Waals surface area contributed by atoms with Crippen LogP contribution in [0.3, 0.4) is 0 Å². The second-order valence-electron chi connectivity index (χ2n) is 16.0. The standard InChI is InChI=1S/C39H72N12O11S/c1-9-22(6)31(38(61)62)51-30(54)18-45-34(57)26(12-14-63-8)49-35(58)25(11-10-13-43-39(41)42)48-32(55)23(7)46-37(60)28(19-52)50-36(59)27(16-21(4)5)47-29(53)17-44-33(56)24(40)15-20(2)3/h20-28,31,52H,9-19,40H2,1-8H3,(H,44,56)(H,45,57)(H,46,60)(H,47,53)(H,48,55)(H,49,58)(H,50,59)(H,51,54)(H,61,62)(H4,41,42,43)/t22-,23-,24-,25-,26-,27-,28-,31-/m0/s1. The monoisotopic (exact) mass is 917 g/mol. The SMILES string of the molecule is CC[C@H](C)[C@H](NC(=O)CNC(=O)[C@H](CCSC)NC(=O)[C@H](CCCN=C(N)N)NC(=O)[C@H](C)NC(=O)[C@H](CO)NC(=O)[C@H](CC(C)C)NC(=O)CNC(=O)[C@@H](N)CC(C)C)C(=O)O. The predicted molar refractivity (Wildman–Crippen MR) is 237 cm³/mol. The van der Waals surface area contributed by atoms with E-state index in [1.54, 1.807) is 34.0 Å². The number of carbonyl (C=O) groups excluding carboxylic acids is 8. The summed E-state index contributed by atoms with van der Waals surface area (Å²) in [5.41, 5.74) is 16.7. The molecule has 0 unspecified atom stereocenters. The molecule has 0 aliphatic rings. The van der Waals surface area contributed by atoms with Gasteiger partial charge in [-0.05, 0) is 68.8 Å². The molecule has 0 heterocycles. The number of amides is 8. The van der Waals surface area contributed by atoms with Gasteiger partial charge in [-0.25, -0.2) is 4.79 Å². The maximum Gasteiger partial charge on any atom is 0.326 e. The molecule has 23 nitrogen and oxygen atoms in total. The van der Waals surface area contributed by atoms with Crippen LogP contribution in [0, 0.1) is 17.8 Å². The second-order valence-corrected chi connectivity index (χ2v) is 17.0. The summed E-state index contributed by atoms with van der Waals surface area (Å²) in [6.07, 6.45) is 3.05. The van der Waals surface area contributed by atoms with Gasteiger partial charge in [-0.2, -0.15) is 11.8 Å². The van der Waals surface area contributed by atoms with Crippen molar-refractivity contribution in [3.63, 3.8) is 0 Å². The highest BCUT2D eigenvalue weighted by atomic mass is 32.2. The van der Waals surface area contributed by atoms with Crippen LogP contribution in [0.15, 0.2) is 4.99 Å². The molecule has 16 N–H and O–H groups in total. The topological polar surface area (TPSA) is 381 Å². The van der Waals surface area contributed by atoms with Crippen molar-refractivity contribution in [1.82, 2.24) is 42.5 Å². The summed E-state index contributed by atoms with van der Waals surface area (Å²) in [6, 6.07) is -8.56. The molecule has 0 aromatic heterocycles. The van der Waals surface area contributed by atoms with Crippen molar-refractivity contribution < 1.29 is 53.4 Å². The first-order chi connectivity index (χ1) is 29.5. The van der Waals surface area contributed by atoms with Crippen LogP contribution in [0.4, 0.5) is 0 Å². The molecular formula is C39H72N12O11S. The van der Waals surface area contributed by atoms with E-state index in [1.165, 1.54) is 18.7 Å². The molecule has 0 rings (SSSR count). The van der Waals surface area contributed by atoms with Crippen molar-refractivity contribution in [1.29, 1.82) is 0 Å². The summed E-state index contributed by atoms with van der Waals surface area (Å²) in [4.78, 5) is 120. The zero-order valence-electron chi connectivity index (χ0n) is 37.7. The highest BCUT2D eigenvalue weighted by molar-refractivity contribution is 7.98. The van der Waals surface area contributed by atoms with Gasteiger partial charge < -0.3 is 69.9 Å². The fourth-order valence-electron chi connectivity index (χ4n) is 5.75. The summed E-state index contributed by atoms with van der Waals surface area (Å²) >= 11 is 1.38. The van der Waals surface area contributed by atoms with E-state index in [0.29, 0.717) is 18.6 Å². The van der Waals surface area contributed by atoms with Gasteiger partial charge in [-0.1, -0.05) is 48.0 Å². The van der Waals surface area contributed by atoms with Gasteiger partial charge in [0.15, 0.2) is 5.96 Å². The van der Waals surface area contributed by atoms with Gasteiger partial charge in [0.2, 0.25) is 47.3 Å². The molecule has 0 spiro atoms. The molecule has 0 saturated heterocycles. The van der Waals surface area contributed by atoms with Crippen LogP contribution in [0.1, 0.15) is 87.0 Å². The third kappa shape index (κ3) is 24.3. The van der Waals surface area contributed by atoms with Crippen LogP contribution in [0.25, 0.3) is 0 Å². The molecule has 0 bridgehead atoms. The average molecular weight is 917 g/mol. The van der Waals surface area contributed by atoms with Gasteiger partial charge in [-0.3, -0.25) is 43.3 Å². The number of nitrogens with two attached hydrogens (primary N) is 3. The molecule has 0 fully saturated rings. The van der Waals surface area contributed by atoms with Crippen LogP contribution in [-0.2, 0) is 43.2 Å². The van der Waals surface area contributed by atoms with Crippen molar-refractivity contribution in [2.24, 2.45) is 39.9 Å². The number of nitrogens with one attached hydrogen (secondary N) is 8. The largest absolute Gasteiger partial charge is 0.480 e. The van der Waals surface area contributed by atoms with Crippen molar-refractivity contribution in [2.45, 2.75) is 129 Å². The summed E-state index contributed by atoms with van der Waals surface area (Å²) in [6.45, 7) is 10.2. The third-order valence-electron chi connectivity index (χ3n) is 9.45. The highest BCUT2D eigenvalue weighted by Gasteiger charge is 2.32. The van der Waals surface area contributed by atoms with E-state index in [-0.39, 0.29) is 55.9 Å². The Kier molecular flexibility index (Phi) is 28.2. The van der Waals surface area contributed by atoms with Gasteiger partial charge in [0.1, 0.15) is 36.3 Å². The van der Waals surface area contributed by atoms with Crippen LogP contribution in [-0.4, -0.2) is 150 Å².